The van der Waals surface area contributed by atoms with Crippen molar-refractivity contribution in [1.82, 2.24) is 4.90 Å². The molecule has 1 aliphatic rings. The van der Waals surface area contributed by atoms with Crippen molar-refractivity contribution in [2.75, 3.05) is 6.54 Å². The maximum Gasteiger partial charge on any atom is 0.188 e. The quantitative estimate of drug-likeness (QED) is 0.365. The van der Waals surface area contributed by atoms with E-state index < -0.39 is 0 Å². The van der Waals surface area contributed by atoms with Crippen LogP contribution in [0.4, 0.5) is 0 Å². The summed E-state index contributed by atoms with van der Waals surface area (Å²) in [6.07, 6.45) is 2.36. The van der Waals surface area contributed by atoms with Crippen LogP contribution in [0.5, 0.6) is 0 Å². The van der Waals surface area contributed by atoms with Crippen molar-refractivity contribution in [3.63, 3.8) is 0 Å². The van der Waals surface area contributed by atoms with Crippen molar-refractivity contribution >= 4 is 5.96 Å². The molecule has 1 fully saturated rings. The molecule has 0 bridgehead atoms. The molecule has 3 heteroatoms. The van der Waals surface area contributed by atoms with Crippen LogP contribution in [0.3, 0.4) is 0 Å². The molecule has 0 aromatic heterocycles. The Morgan fingerprint density at radius 2 is 2.44 bits per heavy atom. The van der Waals surface area contributed by atoms with Crippen LogP contribution in [0.15, 0.2) is 0 Å². The third kappa shape index (κ3) is 1.15. The minimum Gasteiger partial charge on any atom is -0.370 e. The number of guanidine groups is 1. The van der Waals surface area contributed by atoms with E-state index in [1.165, 1.54) is 12.8 Å². The van der Waals surface area contributed by atoms with Crippen LogP contribution in [0.25, 0.3) is 0 Å². The van der Waals surface area contributed by atoms with E-state index in [0.717, 1.165) is 6.54 Å². The Bertz CT molecular complexity index is 121. The molecule has 3 N–H and O–H groups in total. The molecule has 52 valence electrons. The average molecular weight is 127 g/mol. The molecular weight excluding hydrogens is 114 g/mol. The molecule has 0 aromatic rings. The summed E-state index contributed by atoms with van der Waals surface area (Å²) in [4.78, 5) is 1.93. The first-order valence-corrected chi connectivity index (χ1v) is 3.32. The number of nitrogens with two attached hydrogens (primary N) is 1. The van der Waals surface area contributed by atoms with Gasteiger partial charge in [-0.15, -0.1) is 0 Å². The van der Waals surface area contributed by atoms with Crippen molar-refractivity contribution in [1.29, 1.82) is 5.41 Å². The highest BCUT2D eigenvalue weighted by molar-refractivity contribution is 5.75. The van der Waals surface area contributed by atoms with E-state index in [9.17, 15) is 0 Å². The summed E-state index contributed by atoms with van der Waals surface area (Å²) < 4.78 is 0. The maximum atomic E-state index is 7.13. The lowest BCUT2D eigenvalue weighted by Gasteiger charge is -2.20. The lowest BCUT2D eigenvalue weighted by molar-refractivity contribution is 0.408. The molecule has 1 atom stereocenters. The van der Waals surface area contributed by atoms with Crippen molar-refractivity contribution in [3.8, 4) is 0 Å². The Balaban J connectivity index is 2.49. The van der Waals surface area contributed by atoms with Gasteiger partial charge in [-0.05, 0) is 19.8 Å². The number of hydrogen-bond donors (Lipinski definition) is 2. The normalized spacial score (nSPS) is 26.8. The van der Waals surface area contributed by atoms with E-state index >= 15 is 0 Å². The highest BCUT2D eigenvalue weighted by Gasteiger charge is 2.20. The highest BCUT2D eigenvalue weighted by atomic mass is 15.3. The van der Waals surface area contributed by atoms with Gasteiger partial charge in [0, 0.05) is 12.6 Å². The standard InChI is InChI=1S/C6H13N3/c1-5-3-2-4-9(5)6(7)8/h5H,2-4H2,1H3,(H3,7,8)/t5-/m1/s1. The molecule has 0 aliphatic carbocycles. The van der Waals surface area contributed by atoms with E-state index in [1.54, 1.807) is 0 Å². The smallest absolute Gasteiger partial charge is 0.188 e. The molecule has 1 heterocycles. The predicted octanol–water partition coefficient (Wildman–Crippen LogP) is 0.364. The first-order valence-electron chi connectivity index (χ1n) is 3.32. The van der Waals surface area contributed by atoms with Gasteiger partial charge in [0.2, 0.25) is 0 Å². The van der Waals surface area contributed by atoms with Crippen LogP contribution in [-0.2, 0) is 0 Å². The van der Waals surface area contributed by atoms with Crippen LogP contribution in [0.2, 0.25) is 0 Å². The van der Waals surface area contributed by atoms with Crippen LogP contribution >= 0.6 is 0 Å². The molecule has 3 nitrogen and oxygen atoms in total. The summed E-state index contributed by atoms with van der Waals surface area (Å²) in [5.74, 6) is 0.222. The number of rotatable bonds is 0. The van der Waals surface area contributed by atoms with Crippen molar-refractivity contribution in [3.05, 3.63) is 0 Å². The Kier molecular flexibility index (Phi) is 1.60. The van der Waals surface area contributed by atoms with Crippen molar-refractivity contribution < 1.29 is 0 Å². The van der Waals surface area contributed by atoms with E-state index in [4.69, 9.17) is 11.1 Å². The van der Waals surface area contributed by atoms with Gasteiger partial charge >= 0.3 is 0 Å². The lowest BCUT2D eigenvalue weighted by Crippen LogP contribution is -2.38. The molecule has 0 spiro atoms. The lowest BCUT2D eigenvalue weighted by atomic mass is 10.2. The summed E-state index contributed by atoms with van der Waals surface area (Å²) in [7, 11) is 0. The van der Waals surface area contributed by atoms with Gasteiger partial charge in [-0.2, -0.15) is 0 Å². The van der Waals surface area contributed by atoms with Gasteiger partial charge in [0.25, 0.3) is 0 Å². The van der Waals surface area contributed by atoms with E-state index in [-0.39, 0.29) is 5.96 Å². The summed E-state index contributed by atoms with van der Waals surface area (Å²) in [5, 5.41) is 7.13. The first-order chi connectivity index (χ1) is 4.22. The maximum absolute atomic E-state index is 7.13. The average Bonchev–Trinajstić information content (AvgIpc) is 2.13. The Morgan fingerprint density at radius 3 is 2.67 bits per heavy atom. The Hall–Kier alpha value is -0.730. The highest BCUT2D eigenvalue weighted by Crippen LogP contribution is 2.14. The van der Waals surface area contributed by atoms with Gasteiger partial charge in [-0.1, -0.05) is 0 Å². The SMILES string of the molecule is C[C@@H]1CCCN1C(=N)N. The molecule has 9 heavy (non-hydrogen) atoms. The zero-order valence-electron chi connectivity index (χ0n) is 5.72. The Labute approximate surface area is 55.3 Å². The van der Waals surface area contributed by atoms with Crippen molar-refractivity contribution in [2.45, 2.75) is 25.8 Å². The number of hydrogen-bond acceptors (Lipinski definition) is 1. The molecule has 1 aliphatic heterocycles. The third-order valence-corrected chi connectivity index (χ3v) is 1.86. The third-order valence-electron chi connectivity index (χ3n) is 1.86. The fourth-order valence-electron chi connectivity index (χ4n) is 1.29. The van der Waals surface area contributed by atoms with Gasteiger partial charge < -0.3 is 10.6 Å². The summed E-state index contributed by atoms with van der Waals surface area (Å²) >= 11 is 0. The monoisotopic (exact) mass is 127 g/mol. The van der Waals surface area contributed by atoms with Gasteiger partial charge in [0.05, 0.1) is 0 Å². The fraction of sp³-hybridized carbons (Fsp3) is 0.833. The predicted molar refractivity (Wildman–Crippen MR) is 37.3 cm³/mol. The van der Waals surface area contributed by atoms with E-state index in [1.807, 2.05) is 4.90 Å². The number of likely N-dealkylation sites (tertiary alicyclic amines) is 1. The second kappa shape index (κ2) is 2.25. The van der Waals surface area contributed by atoms with Crippen molar-refractivity contribution in [2.24, 2.45) is 5.73 Å². The largest absolute Gasteiger partial charge is 0.370 e. The molecule has 0 saturated carbocycles. The summed E-state index contributed by atoms with van der Waals surface area (Å²) in [6.45, 7) is 3.07. The van der Waals surface area contributed by atoms with Crippen LogP contribution in [-0.4, -0.2) is 23.4 Å². The molecule has 0 radical (unpaired) electrons. The zero-order chi connectivity index (χ0) is 6.85. The second-order valence-electron chi connectivity index (χ2n) is 2.57. The summed E-state index contributed by atoms with van der Waals surface area (Å²) in [6, 6.07) is 0.488. The molecular formula is C6H13N3. The number of nitrogens with zero attached hydrogens (tertiary/aromatic N) is 1. The van der Waals surface area contributed by atoms with E-state index in [0.29, 0.717) is 6.04 Å². The van der Waals surface area contributed by atoms with Gasteiger partial charge in [-0.3, -0.25) is 5.41 Å². The van der Waals surface area contributed by atoms with Gasteiger partial charge in [0.1, 0.15) is 0 Å². The van der Waals surface area contributed by atoms with Crippen LogP contribution < -0.4 is 5.73 Å². The topological polar surface area (TPSA) is 53.1 Å². The fourth-order valence-corrected chi connectivity index (χ4v) is 1.29. The molecule has 0 unspecified atom stereocenters. The van der Waals surface area contributed by atoms with Gasteiger partial charge in [-0.25, -0.2) is 0 Å². The first kappa shape index (κ1) is 6.39. The second-order valence-corrected chi connectivity index (χ2v) is 2.57. The molecule has 0 aromatic carbocycles. The number of nitrogens with one attached hydrogen (secondary N) is 1. The zero-order valence-corrected chi connectivity index (χ0v) is 5.72. The summed E-state index contributed by atoms with van der Waals surface area (Å²) in [5.41, 5.74) is 5.30. The minimum atomic E-state index is 0.222. The van der Waals surface area contributed by atoms with E-state index in [2.05, 4.69) is 6.92 Å². The molecule has 1 saturated heterocycles. The minimum absolute atomic E-state index is 0.222. The molecule has 0 amide bonds. The van der Waals surface area contributed by atoms with Crippen LogP contribution in [0, 0.1) is 5.41 Å². The van der Waals surface area contributed by atoms with Crippen LogP contribution in [0.1, 0.15) is 19.8 Å². The molecule has 1 rings (SSSR count). The Morgan fingerprint density at radius 1 is 1.78 bits per heavy atom. The van der Waals surface area contributed by atoms with Gasteiger partial charge in [0.15, 0.2) is 5.96 Å².